The standard InChI is InChI=1S/C17H9BrFNO3S2/c18-11-5-9(1-3-12(11)19)6-15-16(21)20(17(24)25-15)10-2-4-13-14(7-10)23-8-22-13/h1-7H,8H2/b15-6+. The highest BCUT2D eigenvalue weighted by Crippen LogP contribution is 2.40. The molecule has 1 saturated heterocycles. The fourth-order valence-corrected chi connectivity index (χ4v) is 4.16. The van der Waals surface area contributed by atoms with Gasteiger partial charge in [0.25, 0.3) is 5.91 Å². The highest BCUT2D eigenvalue weighted by Gasteiger charge is 2.34. The lowest BCUT2D eigenvalue weighted by Crippen LogP contribution is -2.27. The molecule has 0 N–H and O–H groups in total. The van der Waals surface area contributed by atoms with Crippen molar-refractivity contribution in [3.8, 4) is 11.5 Å². The maximum Gasteiger partial charge on any atom is 0.270 e. The molecule has 0 radical (unpaired) electrons. The molecule has 0 aromatic heterocycles. The molecule has 1 amide bonds. The van der Waals surface area contributed by atoms with Gasteiger partial charge in [-0.1, -0.05) is 30.0 Å². The molecule has 2 aromatic carbocycles. The Kier molecular flexibility index (Phi) is 4.26. The Morgan fingerprint density at radius 1 is 1.20 bits per heavy atom. The minimum atomic E-state index is -0.356. The number of amides is 1. The third kappa shape index (κ3) is 3.05. The van der Waals surface area contributed by atoms with E-state index in [1.165, 1.54) is 22.7 Å². The van der Waals surface area contributed by atoms with Crippen molar-refractivity contribution in [3.63, 3.8) is 0 Å². The van der Waals surface area contributed by atoms with Crippen LogP contribution in [0.3, 0.4) is 0 Å². The van der Waals surface area contributed by atoms with Crippen molar-refractivity contribution in [1.29, 1.82) is 0 Å². The van der Waals surface area contributed by atoms with Crippen molar-refractivity contribution in [2.24, 2.45) is 0 Å². The third-order valence-corrected chi connectivity index (χ3v) is 5.56. The number of benzene rings is 2. The molecule has 2 aliphatic rings. The van der Waals surface area contributed by atoms with Crippen molar-refractivity contribution in [3.05, 3.63) is 57.2 Å². The highest BCUT2D eigenvalue weighted by molar-refractivity contribution is 9.10. The predicted octanol–water partition coefficient (Wildman–Crippen LogP) is 4.72. The topological polar surface area (TPSA) is 38.8 Å². The number of thioether (sulfide) groups is 1. The van der Waals surface area contributed by atoms with Gasteiger partial charge >= 0.3 is 0 Å². The van der Waals surface area contributed by atoms with E-state index in [4.69, 9.17) is 21.7 Å². The number of fused-ring (bicyclic) bond motifs is 1. The van der Waals surface area contributed by atoms with Crippen LogP contribution in [-0.2, 0) is 4.79 Å². The first-order valence-electron chi connectivity index (χ1n) is 7.15. The van der Waals surface area contributed by atoms with Gasteiger partial charge in [-0.2, -0.15) is 0 Å². The molecule has 0 unspecified atom stereocenters. The van der Waals surface area contributed by atoms with Crippen molar-refractivity contribution >= 4 is 61.9 Å². The Hall–Kier alpha value is -1.90. The highest BCUT2D eigenvalue weighted by atomic mass is 79.9. The maximum atomic E-state index is 13.4. The smallest absolute Gasteiger partial charge is 0.270 e. The normalized spacial score (nSPS) is 17.7. The van der Waals surface area contributed by atoms with Crippen LogP contribution in [0.4, 0.5) is 10.1 Å². The average Bonchev–Trinajstić information content (AvgIpc) is 3.15. The first-order valence-corrected chi connectivity index (χ1v) is 9.17. The average molecular weight is 438 g/mol. The van der Waals surface area contributed by atoms with Crippen LogP contribution in [0.1, 0.15) is 5.56 Å². The van der Waals surface area contributed by atoms with E-state index in [9.17, 15) is 9.18 Å². The lowest BCUT2D eigenvalue weighted by Gasteiger charge is -2.14. The Morgan fingerprint density at radius 2 is 2.00 bits per heavy atom. The van der Waals surface area contributed by atoms with Gasteiger partial charge in [0.2, 0.25) is 6.79 Å². The van der Waals surface area contributed by atoms with E-state index in [1.54, 1.807) is 36.4 Å². The summed E-state index contributed by atoms with van der Waals surface area (Å²) in [7, 11) is 0. The lowest BCUT2D eigenvalue weighted by molar-refractivity contribution is -0.113. The second-order valence-electron chi connectivity index (χ2n) is 5.23. The zero-order valence-corrected chi connectivity index (χ0v) is 15.7. The summed E-state index contributed by atoms with van der Waals surface area (Å²) in [6, 6.07) is 9.79. The molecule has 0 aliphatic carbocycles. The molecule has 0 spiro atoms. The molecule has 2 aliphatic heterocycles. The summed E-state index contributed by atoms with van der Waals surface area (Å²) in [6.07, 6.45) is 1.69. The van der Waals surface area contributed by atoms with Gasteiger partial charge in [-0.15, -0.1) is 0 Å². The van der Waals surface area contributed by atoms with E-state index in [2.05, 4.69) is 15.9 Å². The fraction of sp³-hybridized carbons (Fsp3) is 0.0588. The van der Waals surface area contributed by atoms with Gasteiger partial charge in [-0.05, 0) is 51.8 Å². The van der Waals surface area contributed by atoms with Crippen LogP contribution in [0.15, 0.2) is 45.8 Å². The molecular weight excluding hydrogens is 429 g/mol. The number of ether oxygens (including phenoxy) is 2. The number of halogens is 2. The lowest BCUT2D eigenvalue weighted by atomic mass is 10.2. The van der Waals surface area contributed by atoms with Crippen LogP contribution >= 0.6 is 39.9 Å². The Labute approximate surface area is 160 Å². The Morgan fingerprint density at radius 3 is 2.80 bits per heavy atom. The van der Waals surface area contributed by atoms with Gasteiger partial charge in [0.1, 0.15) is 5.82 Å². The number of anilines is 1. The molecule has 1 fully saturated rings. The number of rotatable bonds is 2. The molecule has 0 saturated carbocycles. The summed E-state index contributed by atoms with van der Waals surface area (Å²) in [5, 5.41) is 0. The summed E-state index contributed by atoms with van der Waals surface area (Å²) in [5.74, 6) is 0.637. The second-order valence-corrected chi connectivity index (χ2v) is 7.76. The number of hydrogen-bond acceptors (Lipinski definition) is 5. The van der Waals surface area contributed by atoms with Gasteiger partial charge in [0, 0.05) is 6.07 Å². The monoisotopic (exact) mass is 437 g/mol. The quantitative estimate of drug-likeness (QED) is 0.501. The fourth-order valence-electron chi connectivity index (χ4n) is 2.47. The molecule has 8 heteroatoms. The van der Waals surface area contributed by atoms with Crippen molar-refractivity contribution < 1.29 is 18.7 Å². The summed E-state index contributed by atoms with van der Waals surface area (Å²) in [6.45, 7) is 0.163. The number of hydrogen-bond donors (Lipinski definition) is 0. The van der Waals surface area contributed by atoms with E-state index in [0.29, 0.717) is 36.4 Å². The molecule has 0 atom stereocenters. The summed E-state index contributed by atoms with van der Waals surface area (Å²) < 4.78 is 24.8. The van der Waals surface area contributed by atoms with E-state index in [1.807, 2.05) is 0 Å². The van der Waals surface area contributed by atoms with Gasteiger partial charge in [0.15, 0.2) is 15.8 Å². The maximum absolute atomic E-state index is 13.4. The zero-order valence-electron chi connectivity index (χ0n) is 12.5. The number of carbonyl (C=O) groups excluding carboxylic acids is 1. The number of thiocarbonyl (C=S) groups is 1. The van der Waals surface area contributed by atoms with E-state index in [-0.39, 0.29) is 18.5 Å². The van der Waals surface area contributed by atoms with Crippen LogP contribution < -0.4 is 14.4 Å². The predicted molar refractivity (Wildman–Crippen MR) is 102 cm³/mol. The molecule has 126 valence electrons. The van der Waals surface area contributed by atoms with Crippen LogP contribution in [0, 0.1) is 5.82 Å². The summed E-state index contributed by atoms with van der Waals surface area (Å²) >= 11 is 9.70. The molecule has 25 heavy (non-hydrogen) atoms. The number of carbonyl (C=O) groups is 1. The van der Waals surface area contributed by atoms with E-state index >= 15 is 0 Å². The van der Waals surface area contributed by atoms with Gasteiger partial charge in [-0.25, -0.2) is 4.39 Å². The van der Waals surface area contributed by atoms with E-state index < -0.39 is 0 Å². The molecule has 4 nitrogen and oxygen atoms in total. The van der Waals surface area contributed by atoms with Crippen LogP contribution in [0.25, 0.3) is 6.08 Å². The summed E-state index contributed by atoms with van der Waals surface area (Å²) in [5.41, 5.74) is 1.33. The molecular formula is C17H9BrFNO3S2. The van der Waals surface area contributed by atoms with Crippen molar-refractivity contribution in [2.45, 2.75) is 0 Å². The van der Waals surface area contributed by atoms with E-state index in [0.717, 1.165) is 0 Å². The SMILES string of the molecule is O=C1/C(=C\c2ccc(F)c(Br)c2)SC(=S)N1c1ccc2c(c1)OCO2. The first kappa shape index (κ1) is 16.6. The molecule has 2 aromatic rings. The summed E-state index contributed by atoms with van der Waals surface area (Å²) in [4.78, 5) is 14.7. The van der Waals surface area contributed by atoms with Crippen molar-refractivity contribution in [1.82, 2.24) is 0 Å². The van der Waals surface area contributed by atoms with Crippen LogP contribution in [0.2, 0.25) is 0 Å². The Bertz CT molecular complexity index is 947. The minimum absolute atomic E-state index is 0.163. The number of nitrogens with zero attached hydrogens (tertiary/aromatic N) is 1. The van der Waals surface area contributed by atoms with Crippen LogP contribution in [0.5, 0.6) is 11.5 Å². The zero-order chi connectivity index (χ0) is 17.6. The Balaban J connectivity index is 1.66. The van der Waals surface area contributed by atoms with Gasteiger partial charge in [-0.3, -0.25) is 9.69 Å². The minimum Gasteiger partial charge on any atom is -0.454 e. The first-order chi connectivity index (χ1) is 12.0. The van der Waals surface area contributed by atoms with Crippen LogP contribution in [-0.4, -0.2) is 17.0 Å². The second kappa shape index (κ2) is 6.44. The molecule has 4 rings (SSSR count). The van der Waals surface area contributed by atoms with Crippen molar-refractivity contribution in [2.75, 3.05) is 11.7 Å². The van der Waals surface area contributed by atoms with Gasteiger partial charge in [0.05, 0.1) is 15.1 Å². The third-order valence-electron chi connectivity index (χ3n) is 3.65. The molecule has 2 heterocycles. The largest absolute Gasteiger partial charge is 0.454 e. The van der Waals surface area contributed by atoms with Gasteiger partial charge < -0.3 is 9.47 Å². The molecule has 0 bridgehead atoms.